The molecule has 0 atom stereocenters. The van der Waals surface area contributed by atoms with Crippen LogP contribution in [0.4, 0.5) is 5.00 Å². The average molecular weight is 465 g/mol. The summed E-state index contributed by atoms with van der Waals surface area (Å²) >= 11 is 2.40. The van der Waals surface area contributed by atoms with E-state index in [1.54, 1.807) is 12.1 Å². The van der Waals surface area contributed by atoms with Gasteiger partial charge in [0.15, 0.2) is 5.78 Å². The first kappa shape index (κ1) is 24.9. The van der Waals surface area contributed by atoms with Crippen molar-refractivity contribution in [2.45, 2.75) is 52.6 Å². The van der Waals surface area contributed by atoms with Crippen LogP contribution < -0.4 is 10.1 Å². The molecule has 0 saturated heterocycles. The lowest BCUT2D eigenvalue weighted by atomic mass is 10.1. The molecule has 2 heterocycles. The molecule has 0 fully saturated rings. The third-order valence-electron chi connectivity index (χ3n) is 4.12. The molecule has 0 aliphatic rings. The van der Waals surface area contributed by atoms with Gasteiger partial charge in [-0.05, 0) is 38.8 Å². The maximum Gasteiger partial charge on any atom is 0.313 e. The molecule has 0 aliphatic carbocycles. The van der Waals surface area contributed by atoms with Gasteiger partial charge in [0.05, 0.1) is 23.2 Å². The van der Waals surface area contributed by atoms with Gasteiger partial charge in [0, 0.05) is 22.7 Å². The monoisotopic (exact) mass is 464 g/mol. The highest BCUT2D eigenvalue weighted by Gasteiger charge is 2.20. The molecule has 0 aliphatic heterocycles. The minimum atomic E-state index is -0.972. The average Bonchev–Trinajstić information content (AvgIpc) is 3.10. The molecule has 0 bridgehead atoms. The van der Waals surface area contributed by atoms with Crippen molar-refractivity contribution in [2.24, 2.45) is 0 Å². The molecule has 2 aromatic heterocycles. The topological polar surface area (TPSA) is 106 Å². The molecular formula is C22H28N2O5S2. The summed E-state index contributed by atoms with van der Waals surface area (Å²) in [5.74, 6) is -1.23. The van der Waals surface area contributed by atoms with Gasteiger partial charge in [0.2, 0.25) is 11.8 Å². The highest BCUT2D eigenvalue weighted by Crippen LogP contribution is 2.31. The second-order valence-corrected chi connectivity index (χ2v) is 9.35. The summed E-state index contributed by atoms with van der Waals surface area (Å²) in [6.45, 7) is 5.93. The molecule has 168 valence electrons. The van der Waals surface area contributed by atoms with Crippen molar-refractivity contribution < 1.29 is 24.2 Å². The van der Waals surface area contributed by atoms with Crippen LogP contribution in [0, 0.1) is 0 Å². The quantitative estimate of drug-likeness (QED) is 0.328. The standard InChI is InChI=1S/C22H28N2O5S2/c1-4-5-6-7-16-10-17(22(31-16)24-18(25)12-30-13-20(26)27)21(28)15-8-9-19(23-11-15)29-14(2)3/h8-11,14H,4-7,12-13H2,1-3H3,(H,24,25)(H,26,27). The lowest BCUT2D eigenvalue weighted by Crippen LogP contribution is -2.16. The predicted octanol–water partition coefficient (Wildman–Crippen LogP) is 4.65. The Morgan fingerprint density at radius 2 is 2.00 bits per heavy atom. The van der Waals surface area contributed by atoms with Crippen LogP contribution in [0.5, 0.6) is 5.88 Å². The van der Waals surface area contributed by atoms with Crippen molar-refractivity contribution in [3.8, 4) is 5.88 Å². The number of pyridine rings is 1. The number of thiophene rings is 1. The fourth-order valence-electron chi connectivity index (χ4n) is 2.75. The second kappa shape index (κ2) is 12.5. The number of ether oxygens (including phenoxy) is 1. The van der Waals surface area contributed by atoms with E-state index in [1.165, 1.54) is 17.5 Å². The highest BCUT2D eigenvalue weighted by molar-refractivity contribution is 8.00. The first-order valence-corrected chi connectivity index (χ1v) is 12.2. The van der Waals surface area contributed by atoms with Crippen LogP contribution in [0.2, 0.25) is 0 Å². The number of carboxylic acids is 1. The smallest absolute Gasteiger partial charge is 0.313 e. The summed E-state index contributed by atoms with van der Waals surface area (Å²) in [7, 11) is 0. The van der Waals surface area contributed by atoms with Gasteiger partial charge in [0.25, 0.3) is 0 Å². The zero-order valence-corrected chi connectivity index (χ0v) is 19.6. The number of hydrogen-bond acceptors (Lipinski definition) is 7. The van der Waals surface area contributed by atoms with E-state index >= 15 is 0 Å². The molecule has 0 saturated carbocycles. The van der Waals surface area contributed by atoms with E-state index in [1.807, 2.05) is 19.9 Å². The molecule has 2 rings (SSSR count). The number of anilines is 1. The number of aliphatic carboxylic acids is 1. The summed E-state index contributed by atoms with van der Waals surface area (Å²) < 4.78 is 5.52. The van der Waals surface area contributed by atoms with E-state index in [2.05, 4.69) is 17.2 Å². The first-order chi connectivity index (χ1) is 14.8. The van der Waals surface area contributed by atoms with Crippen molar-refractivity contribution in [3.63, 3.8) is 0 Å². The molecule has 31 heavy (non-hydrogen) atoms. The number of unbranched alkanes of at least 4 members (excludes halogenated alkanes) is 2. The first-order valence-electron chi connectivity index (χ1n) is 10.2. The van der Waals surface area contributed by atoms with Crippen molar-refractivity contribution in [3.05, 3.63) is 40.4 Å². The van der Waals surface area contributed by atoms with Crippen LogP contribution in [0.15, 0.2) is 24.4 Å². The summed E-state index contributed by atoms with van der Waals surface area (Å²) in [5.41, 5.74) is 0.831. The number of thioether (sulfide) groups is 1. The Balaban J connectivity index is 2.19. The number of nitrogens with one attached hydrogen (secondary N) is 1. The van der Waals surface area contributed by atoms with Gasteiger partial charge in [-0.25, -0.2) is 4.98 Å². The summed E-state index contributed by atoms with van der Waals surface area (Å²) in [6, 6.07) is 5.15. The van der Waals surface area contributed by atoms with E-state index in [9.17, 15) is 14.4 Å². The van der Waals surface area contributed by atoms with E-state index in [4.69, 9.17) is 9.84 Å². The largest absolute Gasteiger partial charge is 0.481 e. The van der Waals surface area contributed by atoms with Crippen LogP contribution in [-0.4, -0.2) is 45.4 Å². The van der Waals surface area contributed by atoms with Crippen molar-refractivity contribution >= 4 is 45.8 Å². The number of aromatic nitrogens is 1. The SMILES string of the molecule is CCCCCc1cc(C(=O)c2ccc(OC(C)C)nc2)c(NC(=O)CSCC(=O)O)s1. The zero-order valence-electron chi connectivity index (χ0n) is 18.0. The highest BCUT2D eigenvalue weighted by atomic mass is 32.2. The normalized spacial score (nSPS) is 10.8. The fourth-order valence-corrected chi connectivity index (χ4v) is 4.40. The molecule has 1 amide bonds. The van der Waals surface area contributed by atoms with E-state index in [0.29, 0.717) is 22.0 Å². The van der Waals surface area contributed by atoms with Crippen LogP contribution in [0.1, 0.15) is 60.8 Å². The van der Waals surface area contributed by atoms with Crippen molar-refractivity contribution in [1.82, 2.24) is 4.98 Å². The number of rotatable bonds is 13. The van der Waals surface area contributed by atoms with Gasteiger partial charge < -0.3 is 15.2 Å². The molecule has 0 spiro atoms. The summed E-state index contributed by atoms with van der Waals surface area (Å²) in [4.78, 5) is 41.2. The van der Waals surface area contributed by atoms with Crippen LogP contribution >= 0.6 is 23.1 Å². The van der Waals surface area contributed by atoms with E-state index in [0.717, 1.165) is 42.3 Å². The predicted molar refractivity (Wildman–Crippen MR) is 125 cm³/mol. The maximum absolute atomic E-state index is 13.1. The summed E-state index contributed by atoms with van der Waals surface area (Å²) in [6.07, 6.45) is 5.49. The number of amides is 1. The third-order valence-corrected chi connectivity index (χ3v) is 6.15. The van der Waals surface area contributed by atoms with Gasteiger partial charge in [0.1, 0.15) is 5.00 Å². The van der Waals surface area contributed by atoms with Crippen LogP contribution in [0.25, 0.3) is 0 Å². The van der Waals surface area contributed by atoms with Gasteiger partial charge in [-0.15, -0.1) is 23.1 Å². The van der Waals surface area contributed by atoms with Crippen LogP contribution in [-0.2, 0) is 16.0 Å². The van der Waals surface area contributed by atoms with Gasteiger partial charge in [-0.3, -0.25) is 14.4 Å². The molecular weight excluding hydrogens is 436 g/mol. The van der Waals surface area contributed by atoms with E-state index in [-0.39, 0.29) is 29.3 Å². The Hall–Kier alpha value is -2.39. The Bertz CT molecular complexity index is 894. The lowest BCUT2D eigenvalue weighted by Gasteiger charge is -2.09. The lowest BCUT2D eigenvalue weighted by molar-refractivity contribution is -0.133. The number of aryl methyl sites for hydroxylation is 1. The second-order valence-electron chi connectivity index (χ2n) is 7.23. The van der Waals surface area contributed by atoms with Gasteiger partial charge in [-0.1, -0.05) is 19.8 Å². The van der Waals surface area contributed by atoms with Crippen LogP contribution in [0.3, 0.4) is 0 Å². The minimum Gasteiger partial charge on any atom is -0.481 e. The molecule has 9 heteroatoms. The molecule has 7 nitrogen and oxygen atoms in total. The maximum atomic E-state index is 13.1. The zero-order chi connectivity index (χ0) is 22.8. The number of carbonyl (C=O) groups is 3. The Kier molecular flexibility index (Phi) is 10.00. The number of ketones is 1. The number of carboxylic acid groups (broad SMARTS) is 1. The Morgan fingerprint density at radius 3 is 2.61 bits per heavy atom. The molecule has 2 aromatic rings. The molecule has 0 aromatic carbocycles. The number of hydrogen-bond donors (Lipinski definition) is 2. The minimum absolute atomic E-state index is 0.00575. The molecule has 0 radical (unpaired) electrons. The Morgan fingerprint density at radius 1 is 1.23 bits per heavy atom. The van der Waals surface area contributed by atoms with Crippen molar-refractivity contribution in [1.29, 1.82) is 0 Å². The third kappa shape index (κ3) is 8.34. The molecule has 2 N–H and O–H groups in total. The van der Waals surface area contributed by atoms with Gasteiger partial charge in [-0.2, -0.15) is 0 Å². The van der Waals surface area contributed by atoms with E-state index < -0.39 is 5.97 Å². The van der Waals surface area contributed by atoms with Gasteiger partial charge >= 0.3 is 5.97 Å². The summed E-state index contributed by atoms with van der Waals surface area (Å²) in [5, 5.41) is 12.0. The fraction of sp³-hybridized carbons (Fsp3) is 0.455. The van der Waals surface area contributed by atoms with Crippen molar-refractivity contribution in [2.75, 3.05) is 16.8 Å². The molecule has 0 unspecified atom stereocenters. The number of carbonyl (C=O) groups excluding carboxylic acids is 2. The number of nitrogens with zero attached hydrogens (tertiary/aromatic N) is 1. The Labute approximate surface area is 190 Å².